The number of rotatable bonds is 6. The van der Waals surface area contributed by atoms with E-state index in [1.807, 2.05) is 24.3 Å². The highest BCUT2D eigenvalue weighted by Crippen LogP contribution is 2.19. The highest BCUT2D eigenvalue weighted by Gasteiger charge is 2.08. The molecule has 0 aliphatic carbocycles. The van der Waals surface area contributed by atoms with Crippen molar-refractivity contribution in [3.8, 4) is 0 Å². The molecule has 2 aromatic carbocycles. The van der Waals surface area contributed by atoms with E-state index in [1.54, 1.807) is 24.3 Å². The lowest BCUT2D eigenvalue weighted by Crippen LogP contribution is -2.25. The van der Waals surface area contributed by atoms with Crippen molar-refractivity contribution >= 4 is 28.9 Å². The molecule has 0 bridgehead atoms. The summed E-state index contributed by atoms with van der Waals surface area (Å²) in [6.45, 7) is 0.492. The summed E-state index contributed by atoms with van der Waals surface area (Å²) in [6, 6.07) is 15.5. The van der Waals surface area contributed by atoms with Gasteiger partial charge in [0.2, 0.25) is 0 Å². The van der Waals surface area contributed by atoms with E-state index < -0.39 is 0 Å². The largest absolute Gasteiger partial charge is 0.352 e. The van der Waals surface area contributed by atoms with Crippen LogP contribution in [0.1, 0.15) is 15.9 Å². The maximum Gasteiger partial charge on any atom is 0.252 e. The van der Waals surface area contributed by atoms with Crippen LogP contribution in [0.2, 0.25) is 5.02 Å². The fraction of sp³-hybridized carbons (Fsp3) is 0.100. The second-order valence-electron chi connectivity index (χ2n) is 5.70. The molecule has 1 aromatic heterocycles. The van der Waals surface area contributed by atoms with Gasteiger partial charge in [-0.3, -0.25) is 9.78 Å². The number of amides is 1. The molecule has 0 spiro atoms. The summed E-state index contributed by atoms with van der Waals surface area (Å²) in [7, 11) is 0. The van der Waals surface area contributed by atoms with Crippen LogP contribution in [0.5, 0.6) is 0 Å². The van der Waals surface area contributed by atoms with Crippen LogP contribution < -0.4 is 10.6 Å². The second-order valence-corrected chi connectivity index (χ2v) is 6.14. The third kappa shape index (κ3) is 4.80. The average molecular weight is 370 g/mol. The Labute approximate surface area is 156 Å². The minimum Gasteiger partial charge on any atom is -0.352 e. The fourth-order valence-corrected chi connectivity index (χ4v) is 2.55. The Kier molecular flexibility index (Phi) is 5.81. The first-order valence-corrected chi connectivity index (χ1v) is 8.49. The van der Waals surface area contributed by atoms with Crippen molar-refractivity contribution in [3.63, 3.8) is 0 Å². The number of hydrogen-bond acceptors (Lipinski definition) is 3. The quantitative estimate of drug-likeness (QED) is 0.668. The molecule has 2 N–H and O–H groups in total. The van der Waals surface area contributed by atoms with E-state index in [2.05, 4.69) is 15.6 Å². The van der Waals surface area contributed by atoms with Gasteiger partial charge in [-0.05, 0) is 42.3 Å². The number of aromatic nitrogens is 1. The third-order valence-corrected chi connectivity index (χ3v) is 4.02. The van der Waals surface area contributed by atoms with Gasteiger partial charge < -0.3 is 10.6 Å². The Hall–Kier alpha value is -2.92. The number of anilines is 2. The number of halogens is 2. The zero-order valence-corrected chi connectivity index (χ0v) is 14.6. The molecule has 0 fully saturated rings. The van der Waals surface area contributed by atoms with E-state index >= 15 is 0 Å². The summed E-state index contributed by atoms with van der Waals surface area (Å²) >= 11 is 5.85. The molecule has 1 heterocycles. The Morgan fingerprint density at radius 2 is 1.85 bits per heavy atom. The van der Waals surface area contributed by atoms with E-state index in [9.17, 15) is 9.18 Å². The smallest absolute Gasteiger partial charge is 0.252 e. The Morgan fingerprint density at radius 1 is 1.08 bits per heavy atom. The van der Waals surface area contributed by atoms with Gasteiger partial charge in [-0.25, -0.2) is 4.39 Å². The van der Waals surface area contributed by atoms with Crippen LogP contribution in [0.15, 0.2) is 67.0 Å². The fourth-order valence-electron chi connectivity index (χ4n) is 2.42. The molecule has 0 saturated carbocycles. The van der Waals surface area contributed by atoms with Crippen LogP contribution >= 0.6 is 11.6 Å². The Morgan fingerprint density at radius 3 is 2.62 bits per heavy atom. The summed E-state index contributed by atoms with van der Waals surface area (Å²) in [5.74, 6) is -0.603. The molecular weight excluding hydrogens is 353 g/mol. The van der Waals surface area contributed by atoms with E-state index in [1.165, 1.54) is 18.5 Å². The van der Waals surface area contributed by atoms with Gasteiger partial charge in [-0.1, -0.05) is 35.9 Å². The number of nitrogens with zero attached hydrogens (tertiary/aromatic N) is 1. The number of benzene rings is 2. The van der Waals surface area contributed by atoms with Gasteiger partial charge in [-0.15, -0.1) is 0 Å². The van der Waals surface area contributed by atoms with Crippen molar-refractivity contribution in [2.24, 2.45) is 0 Å². The van der Waals surface area contributed by atoms with E-state index in [0.29, 0.717) is 34.9 Å². The van der Waals surface area contributed by atoms with Gasteiger partial charge in [-0.2, -0.15) is 0 Å². The summed E-state index contributed by atoms with van der Waals surface area (Å²) in [4.78, 5) is 16.3. The summed E-state index contributed by atoms with van der Waals surface area (Å²) in [5, 5.41) is 6.46. The molecule has 3 rings (SSSR count). The number of hydrogen-bond donors (Lipinski definition) is 2. The Balaban J connectivity index is 1.59. The molecular formula is C20H17ClFN3O. The molecule has 4 nitrogen and oxygen atoms in total. The van der Waals surface area contributed by atoms with Crippen molar-refractivity contribution in [1.29, 1.82) is 0 Å². The van der Waals surface area contributed by atoms with Crippen LogP contribution in [0.25, 0.3) is 0 Å². The minimum atomic E-state index is -0.370. The molecule has 0 radical (unpaired) electrons. The van der Waals surface area contributed by atoms with Crippen molar-refractivity contribution < 1.29 is 9.18 Å². The zero-order chi connectivity index (χ0) is 18.4. The minimum absolute atomic E-state index is 0.233. The molecule has 6 heteroatoms. The second kappa shape index (κ2) is 8.45. The molecule has 3 aromatic rings. The lowest BCUT2D eigenvalue weighted by molar-refractivity contribution is 0.0954. The lowest BCUT2D eigenvalue weighted by Gasteiger charge is -2.09. The number of pyridine rings is 1. The van der Waals surface area contributed by atoms with Crippen molar-refractivity contribution in [1.82, 2.24) is 10.3 Å². The monoisotopic (exact) mass is 369 g/mol. The first-order valence-electron chi connectivity index (χ1n) is 8.11. The van der Waals surface area contributed by atoms with Crippen molar-refractivity contribution in [3.05, 3.63) is 89.0 Å². The van der Waals surface area contributed by atoms with Crippen molar-refractivity contribution in [2.45, 2.75) is 6.42 Å². The van der Waals surface area contributed by atoms with E-state index in [0.717, 1.165) is 5.56 Å². The zero-order valence-electron chi connectivity index (χ0n) is 13.9. The van der Waals surface area contributed by atoms with Gasteiger partial charge in [0.05, 0.1) is 23.1 Å². The maximum absolute atomic E-state index is 13.7. The summed E-state index contributed by atoms with van der Waals surface area (Å²) < 4.78 is 13.7. The highest BCUT2D eigenvalue weighted by molar-refractivity contribution is 6.30. The molecule has 0 saturated heterocycles. The van der Waals surface area contributed by atoms with Crippen LogP contribution in [-0.2, 0) is 6.42 Å². The van der Waals surface area contributed by atoms with Crippen LogP contribution in [0.4, 0.5) is 15.8 Å². The van der Waals surface area contributed by atoms with Crippen LogP contribution in [-0.4, -0.2) is 17.4 Å². The third-order valence-electron chi connectivity index (χ3n) is 3.77. The molecule has 26 heavy (non-hydrogen) atoms. The number of para-hydroxylation sites is 1. The molecule has 0 aliphatic rings. The topological polar surface area (TPSA) is 54.0 Å². The highest BCUT2D eigenvalue weighted by atomic mass is 35.5. The molecule has 0 atom stereocenters. The SMILES string of the molecule is O=C(NCCc1ccc(Cl)cc1)c1cncc(Nc2ccccc2F)c1. The van der Waals surface area contributed by atoms with Crippen LogP contribution in [0.3, 0.4) is 0 Å². The van der Waals surface area contributed by atoms with Gasteiger partial charge in [0.25, 0.3) is 5.91 Å². The maximum atomic E-state index is 13.7. The van der Waals surface area contributed by atoms with Gasteiger partial charge in [0.1, 0.15) is 5.82 Å². The average Bonchev–Trinajstić information content (AvgIpc) is 2.65. The van der Waals surface area contributed by atoms with E-state index in [-0.39, 0.29) is 11.7 Å². The predicted octanol–water partition coefficient (Wildman–Crippen LogP) is 4.59. The summed E-state index contributed by atoms with van der Waals surface area (Å²) in [5.41, 5.74) is 2.36. The van der Waals surface area contributed by atoms with Gasteiger partial charge in [0.15, 0.2) is 0 Å². The summed E-state index contributed by atoms with van der Waals surface area (Å²) in [6.07, 6.45) is 3.71. The predicted molar refractivity (Wildman–Crippen MR) is 101 cm³/mol. The number of carbonyl (C=O) groups excluding carboxylic acids is 1. The molecule has 0 aliphatic heterocycles. The van der Waals surface area contributed by atoms with Crippen molar-refractivity contribution in [2.75, 3.05) is 11.9 Å². The normalized spacial score (nSPS) is 10.4. The molecule has 132 valence electrons. The van der Waals surface area contributed by atoms with Gasteiger partial charge >= 0.3 is 0 Å². The first kappa shape index (κ1) is 17.9. The Bertz CT molecular complexity index is 900. The van der Waals surface area contributed by atoms with Gasteiger partial charge in [0, 0.05) is 17.8 Å². The van der Waals surface area contributed by atoms with Crippen LogP contribution in [0, 0.1) is 5.82 Å². The number of carbonyl (C=O) groups is 1. The standard InChI is InChI=1S/C20H17ClFN3O/c21-16-7-5-14(6-8-16)9-10-24-20(26)15-11-17(13-23-12-15)25-19-4-2-1-3-18(19)22/h1-8,11-13,25H,9-10H2,(H,24,26). The number of nitrogens with one attached hydrogen (secondary N) is 2. The lowest BCUT2D eigenvalue weighted by atomic mass is 10.1. The first-order chi connectivity index (χ1) is 12.6. The molecule has 1 amide bonds. The molecule has 0 unspecified atom stereocenters. The van der Waals surface area contributed by atoms with E-state index in [4.69, 9.17) is 11.6 Å².